The van der Waals surface area contributed by atoms with Crippen molar-refractivity contribution in [1.29, 1.82) is 0 Å². The fourth-order valence-electron chi connectivity index (χ4n) is 0.763. The van der Waals surface area contributed by atoms with E-state index in [-0.39, 0.29) is 18.9 Å². The first-order valence-corrected chi connectivity index (χ1v) is 4.13. The van der Waals surface area contributed by atoms with Crippen LogP contribution in [-0.4, -0.2) is 34.7 Å². The van der Waals surface area contributed by atoms with Crippen LogP contribution in [0.5, 0.6) is 0 Å². The third kappa shape index (κ3) is 7.19. The summed E-state index contributed by atoms with van der Waals surface area (Å²) < 4.78 is 0. The molecule has 0 aromatic heterocycles. The lowest BCUT2D eigenvalue weighted by Gasteiger charge is -2.03. The molecular formula is C6H13N5O4. The van der Waals surface area contributed by atoms with Gasteiger partial charge in [0.2, 0.25) is 0 Å². The molecule has 1 atom stereocenters. The first kappa shape index (κ1) is 13.1. The highest BCUT2D eigenvalue weighted by Gasteiger charge is 2.09. The molecule has 0 amide bonds. The van der Waals surface area contributed by atoms with Crippen molar-refractivity contribution in [2.75, 3.05) is 6.54 Å². The number of hydrogen-bond acceptors (Lipinski definition) is 5. The van der Waals surface area contributed by atoms with Gasteiger partial charge in [0.15, 0.2) is 5.03 Å². The minimum absolute atomic E-state index is 0.188. The van der Waals surface area contributed by atoms with E-state index in [0.29, 0.717) is 6.42 Å². The van der Waals surface area contributed by atoms with Gasteiger partial charge in [0.1, 0.15) is 6.04 Å². The molecule has 0 aliphatic carbocycles. The van der Waals surface area contributed by atoms with Gasteiger partial charge in [0, 0.05) is 6.54 Å². The van der Waals surface area contributed by atoms with Crippen LogP contribution in [0.15, 0.2) is 4.99 Å². The molecule has 0 aliphatic rings. The Morgan fingerprint density at radius 3 is 2.73 bits per heavy atom. The van der Waals surface area contributed by atoms with E-state index in [4.69, 9.17) is 16.6 Å². The maximum absolute atomic E-state index is 10.3. The molecule has 15 heavy (non-hydrogen) atoms. The molecule has 0 aromatic carbocycles. The summed E-state index contributed by atoms with van der Waals surface area (Å²) in [6, 6.07) is -0.940. The van der Waals surface area contributed by atoms with Crippen molar-refractivity contribution in [3.05, 3.63) is 10.1 Å². The zero-order valence-electron chi connectivity index (χ0n) is 7.92. The SMILES string of the molecule is NC(=NCCC[C@@H](N)C(=O)O)N[N+](=O)[O-]. The second-order valence-electron chi connectivity index (χ2n) is 2.72. The molecule has 0 bridgehead atoms. The summed E-state index contributed by atoms with van der Waals surface area (Å²) in [6.45, 7) is 0.188. The number of nitrogens with zero attached hydrogens (tertiary/aromatic N) is 2. The average molecular weight is 219 g/mol. The van der Waals surface area contributed by atoms with Crippen LogP contribution in [0.4, 0.5) is 0 Å². The van der Waals surface area contributed by atoms with E-state index in [9.17, 15) is 14.9 Å². The second-order valence-corrected chi connectivity index (χ2v) is 2.72. The number of nitrogens with two attached hydrogens (primary N) is 2. The topological polar surface area (TPSA) is 157 Å². The Morgan fingerprint density at radius 1 is 1.67 bits per heavy atom. The summed E-state index contributed by atoms with van der Waals surface area (Å²) in [6.07, 6.45) is 0.637. The van der Waals surface area contributed by atoms with Crippen LogP contribution in [0.1, 0.15) is 12.8 Å². The van der Waals surface area contributed by atoms with E-state index in [1.807, 2.05) is 0 Å². The van der Waals surface area contributed by atoms with E-state index >= 15 is 0 Å². The molecule has 0 radical (unpaired) electrons. The zero-order chi connectivity index (χ0) is 11.8. The van der Waals surface area contributed by atoms with Gasteiger partial charge in [0.05, 0.1) is 0 Å². The lowest BCUT2D eigenvalue weighted by atomic mass is 10.2. The molecule has 0 rings (SSSR count). The van der Waals surface area contributed by atoms with Gasteiger partial charge >= 0.3 is 5.97 Å². The summed E-state index contributed by atoms with van der Waals surface area (Å²) >= 11 is 0. The van der Waals surface area contributed by atoms with Gasteiger partial charge in [-0.05, 0) is 12.8 Å². The first-order chi connectivity index (χ1) is 6.93. The second kappa shape index (κ2) is 6.54. The minimum Gasteiger partial charge on any atom is -0.480 e. The summed E-state index contributed by atoms with van der Waals surface area (Å²) in [5, 5.41) is 17.5. The van der Waals surface area contributed by atoms with E-state index in [2.05, 4.69) is 4.99 Å². The number of carboxylic acid groups (broad SMARTS) is 1. The van der Waals surface area contributed by atoms with Crippen LogP contribution < -0.4 is 16.9 Å². The van der Waals surface area contributed by atoms with E-state index in [0.717, 1.165) is 0 Å². The Morgan fingerprint density at radius 2 is 2.27 bits per heavy atom. The summed E-state index contributed by atoms with van der Waals surface area (Å²) in [5.41, 5.74) is 12.0. The molecule has 9 heteroatoms. The smallest absolute Gasteiger partial charge is 0.320 e. The maximum atomic E-state index is 10.3. The highest BCUT2D eigenvalue weighted by molar-refractivity contribution is 5.76. The average Bonchev–Trinajstić information content (AvgIpc) is 2.10. The number of nitro groups is 1. The molecule has 0 spiro atoms. The molecule has 86 valence electrons. The summed E-state index contributed by atoms with van der Waals surface area (Å²) in [7, 11) is 0. The maximum Gasteiger partial charge on any atom is 0.320 e. The van der Waals surface area contributed by atoms with Crippen molar-refractivity contribution in [3.8, 4) is 0 Å². The van der Waals surface area contributed by atoms with Crippen LogP contribution in [0.3, 0.4) is 0 Å². The van der Waals surface area contributed by atoms with Crippen molar-refractivity contribution in [3.63, 3.8) is 0 Å². The Labute approximate surface area is 85.3 Å². The molecule has 0 saturated heterocycles. The van der Waals surface area contributed by atoms with Gasteiger partial charge in [-0.25, -0.2) is 15.1 Å². The lowest BCUT2D eigenvalue weighted by molar-refractivity contribution is -0.525. The van der Waals surface area contributed by atoms with Crippen LogP contribution in [0, 0.1) is 10.1 Å². The molecule has 0 saturated carbocycles. The van der Waals surface area contributed by atoms with E-state index < -0.39 is 17.0 Å². The van der Waals surface area contributed by atoms with Gasteiger partial charge in [0.25, 0.3) is 5.96 Å². The third-order valence-corrected chi connectivity index (χ3v) is 1.48. The molecule has 9 nitrogen and oxygen atoms in total. The van der Waals surface area contributed by atoms with Crippen LogP contribution in [0.2, 0.25) is 0 Å². The fraction of sp³-hybridized carbons (Fsp3) is 0.667. The molecular weight excluding hydrogens is 206 g/mol. The Balaban J connectivity index is 3.69. The van der Waals surface area contributed by atoms with Gasteiger partial charge < -0.3 is 16.6 Å². The number of guanidine groups is 1. The zero-order valence-corrected chi connectivity index (χ0v) is 7.92. The molecule has 0 fully saturated rings. The number of hydrazine groups is 1. The number of aliphatic carboxylic acids is 1. The van der Waals surface area contributed by atoms with E-state index in [1.165, 1.54) is 0 Å². The molecule has 6 N–H and O–H groups in total. The van der Waals surface area contributed by atoms with Crippen molar-refractivity contribution >= 4 is 11.9 Å². The standard InChI is InChI=1S/C6H13N5O4/c7-4(5(12)13)2-1-3-9-6(8)10-11(14)15/h4H,1-3,7H2,(H,12,13)(H3,8,9,10)/t4-/m1/s1. The number of nitrogens with one attached hydrogen (secondary N) is 1. The quantitative estimate of drug-likeness (QED) is 0.136. The van der Waals surface area contributed by atoms with Crippen molar-refractivity contribution < 1.29 is 14.9 Å². The van der Waals surface area contributed by atoms with Gasteiger partial charge in [-0.1, -0.05) is 5.43 Å². The lowest BCUT2D eigenvalue weighted by Crippen LogP contribution is -2.36. The number of carboxylic acids is 1. The number of hydrogen-bond donors (Lipinski definition) is 4. The third-order valence-electron chi connectivity index (χ3n) is 1.48. The minimum atomic E-state index is -1.09. The number of aliphatic imine (C=N–C) groups is 1. The number of rotatable bonds is 6. The molecule has 0 aromatic rings. The monoisotopic (exact) mass is 219 g/mol. The van der Waals surface area contributed by atoms with Gasteiger partial charge in [-0.2, -0.15) is 0 Å². The van der Waals surface area contributed by atoms with Crippen LogP contribution in [0.25, 0.3) is 0 Å². The molecule has 0 heterocycles. The summed E-state index contributed by atoms with van der Waals surface area (Å²) in [5.74, 6) is -1.40. The van der Waals surface area contributed by atoms with Crippen molar-refractivity contribution in [2.45, 2.75) is 18.9 Å². The Kier molecular flexibility index (Phi) is 5.71. The Hall–Kier alpha value is -1.90. The van der Waals surface area contributed by atoms with Gasteiger partial charge in [-0.3, -0.25) is 4.79 Å². The van der Waals surface area contributed by atoms with Crippen LogP contribution in [-0.2, 0) is 4.79 Å². The highest BCUT2D eigenvalue weighted by atomic mass is 16.7. The number of carbonyl (C=O) groups is 1. The largest absolute Gasteiger partial charge is 0.480 e. The van der Waals surface area contributed by atoms with Gasteiger partial charge in [-0.15, -0.1) is 0 Å². The highest BCUT2D eigenvalue weighted by Crippen LogP contribution is 1.94. The first-order valence-electron chi connectivity index (χ1n) is 4.13. The van der Waals surface area contributed by atoms with Crippen molar-refractivity contribution in [1.82, 2.24) is 5.43 Å². The Bertz CT molecular complexity index is 266. The molecule has 0 unspecified atom stereocenters. The molecule has 0 aliphatic heterocycles. The van der Waals surface area contributed by atoms with Crippen LogP contribution >= 0.6 is 0 Å². The normalized spacial score (nSPS) is 13.3. The van der Waals surface area contributed by atoms with Crippen molar-refractivity contribution in [2.24, 2.45) is 16.5 Å². The predicted octanol–water partition coefficient (Wildman–Crippen LogP) is -1.73. The predicted molar refractivity (Wildman–Crippen MR) is 51.5 cm³/mol. The van der Waals surface area contributed by atoms with E-state index in [1.54, 1.807) is 5.43 Å². The summed E-state index contributed by atoms with van der Waals surface area (Å²) in [4.78, 5) is 23.8. The fourth-order valence-corrected chi connectivity index (χ4v) is 0.763.